The molecule has 3 aromatic rings. The van der Waals surface area contributed by atoms with Crippen molar-refractivity contribution in [3.63, 3.8) is 0 Å². The molecule has 1 amide bonds. The third kappa shape index (κ3) is 3.60. The van der Waals surface area contributed by atoms with Crippen LogP contribution in [-0.2, 0) is 6.42 Å². The molecule has 0 bridgehead atoms. The van der Waals surface area contributed by atoms with Crippen LogP contribution in [0.3, 0.4) is 0 Å². The zero-order valence-electron chi connectivity index (χ0n) is 13.8. The lowest BCUT2D eigenvalue weighted by Crippen LogP contribution is -2.27. The average Bonchev–Trinajstić information content (AvgIpc) is 3.04. The largest absolute Gasteiger partial charge is 0.494 e. The molecule has 3 N–H and O–H groups in total. The second kappa shape index (κ2) is 7.48. The lowest BCUT2D eigenvalue weighted by atomic mass is 10.1. The minimum absolute atomic E-state index is 0.0963. The first-order valence-corrected chi connectivity index (χ1v) is 7.87. The van der Waals surface area contributed by atoms with E-state index in [-0.39, 0.29) is 17.4 Å². The van der Waals surface area contributed by atoms with E-state index >= 15 is 0 Å². The van der Waals surface area contributed by atoms with E-state index in [9.17, 15) is 4.79 Å². The maximum Gasteiger partial charge on any atom is 0.275 e. The maximum atomic E-state index is 12.3. The molecule has 7 nitrogen and oxygen atoms in total. The molecule has 0 radical (unpaired) electrons. The number of nitrogen functional groups attached to an aromatic ring is 1. The Morgan fingerprint density at radius 2 is 1.88 bits per heavy atom. The Bertz CT molecular complexity index is 861. The number of anilines is 1. The van der Waals surface area contributed by atoms with Crippen LogP contribution in [0, 0.1) is 0 Å². The van der Waals surface area contributed by atoms with Crippen LogP contribution in [0.25, 0.3) is 5.69 Å². The quantitative estimate of drug-likeness (QED) is 0.715. The topological polar surface area (TPSA) is 95.1 Å². The molecule has 0 saturated heterocycles. The van der Waals surface area contributed by atoms with Crippen LogP contribution < -0.4 is 15.8 Å². The van der Waals surface area contributed by atoms with Crippen molar-refractivity contribution in [1.29, 1.82) is 0 Å². The summed E-state index contributed by atoms with van der Waals surface area (Å²) >= 11 is 0. The number of benzene rings is 2. The number of para-hydroxylation sites is 2. The van der Waals surface area contributed by atoms with E-state index in [0.29, 0.717) is 18.0 Å². The minimum atomic E-state index is -0.352. The lowest BCUT2D eigenvalue weighted by Gasteiger charge is -2.08. The van der Waals surface area contributed by atoms with E-state index in [2.05, 4.69) is 15.6 Å². The van der Waals surface area contributed by atoms with Gasteiger partial charge in [0.1, 0.15) is 11.4 Å². The van der Waals surface area contributed by atoms with E-state index < -0.39 is 0 Å². The molecule has 25 heavy (non-hydrogen) atoms. The van der Waals surface area contributed by atoms with Gasteiger partial charge in [0.15, 0.2) is 11.5 Å². The van der Waals surface area contributed by atoms with Gasteiger partial charge in [-0.05, 0) is 24.1 Å². The van der Waals surface area contributed by atoms with Gasteiger partial charge in [-0.25, -0.2) is 0 Å². The van der Waals surface area contributed by atoms with Crippen molar-refractivity contribution in [3.8, 4) is 11.4 Å². The van der Waals surface area contributed by atoms with Crippen molar-refractivity contribution >= 4 is 11.7 Å². The van der Waals surface area contributed by atoms with E-state index in [1.165, 1.54) is 4.68 Å². The van der Waals surface area contributed by atoms with Gasteiger partial charge in [0, 0.05) is 6.54 Å². The fourth-order valence-electron chi connectivity index (χ4n) is 2.48. The minimum Gasteiger partial charge on any atom is -0.494 e. The predicted octanol–water partition coefficient (Wildman–Crippen LogP) is 1.83. The molecule has 0 unspecified atom stereocenters. The summed E-state index contributed by atoms with van der Waals surface area (Å²) in [6, 6.07) is 17.2. The van der Waals surface area contributed by atoms with Gasteiger partial charge in [-0.15, -0.1) is 5.10 Å². The molecule has 0 aliphatic rings. The number of hydrogen-bond acceptors (Lipinski definition) is 5. The summed E-state index contributed by atoms with van der Waals surface area (Å²) in [5, 5.41) is 10.7. The second-order valence-corrected chi connectivity index (χ2v) is 5.40. The van der Waals surface area contributed by atoms with Gasteiger partial charge in [0.2, 0.25) is 0 Å². The van der Waals surface area contributed by atoms with Crippen LogP contribution in [0.1, 0.15) is 16.1 Å². The Kier molecular flexibility index (Phi) is 4.94. The van der Waals surface area contributed by atoms with Crippen LogP contribution in [0.4, 0.5) is 5.82 Å². The van der Waals surface area contributed by atoms with E-state index in [1.54, 1.807) is 19.2 Å². The number of nitrogens with zero attached hydrogens (tertiary/aromatic N) is 3. The second-order valence-electron chi connectivity index (χ2n) is 5.40. The fraction of sp³-hybridized carbons (Fsp3) is 0.167. The predicted molar refractivity (Wildman–Crippen MR) is 94.8 cm³/mol. The molecule has 1 aromatic heterocycles. The SMILES string of the molecule is COc1ccccc1-n1nnc(C(=O)NCCc2ccccc2)c1N. The molecule has 0 spiro atoms. The summed E-state index contributed by atoms with van der Waals surface area (Å²) in [6.07, 6.45) is 0.729. The standard InChI is InChI=1S/C18H19N5O2/c1-25-15-10-6-5-9-14(15)23-17(19)16(21-22-23)18(24)20-12-11-13-7-3-2-4-8-13/h2-10H,11-12,19H2,1H3,(H,20,24). The number of aromatic nitrogens is 3. The van der Waals surface area contributed by atoms with Crippen LogP contribution >= 0.6 is 0 Å². The number of amides is 1. The Hall–Kier alpha value is -3.35. The molecule has 0 atom stereocenters. The number of nitrogens with two attached hydrogens (primary N) is 1. The third-order valence-electron chi connectivity index (χ3n) is 3.78. The molecular weight excluding hydrogens is 318 g/mol. The van der Waals surface area contributed by atoms with Gasteiger partial charge in [-0.1, -0.05) is 47.7 Å². The number of carbonyl (C=O) groups excluding carboxylic acids is 1. The first-order chi connectivity index (χ1) is 12.2. The highest BCUT2D eigenvalue weighted by Gasteiger charge is 2.19. The summed E-state index contributed by atoms with van der Waals surface area (Å²) < 4.78 is 6.69. The smallest absolute Gasteiger partial charge is 0.275 e. The third-order valence-corrected chi connectivity index (χ3v) is 3.78. The molecule has 0 fully saturated rings. The van der Waals surface area contributed by atoms with Crippen molar-refractivity contribution < 1.29 is 9.53 Å². The summed E-state index contributed by atoms with van der Waals surface area (Å²) in [7, 11) is 1.56. The average molecular weight is 337 g/mol. The first-order valence-electron chi connectivity index (χ1n) is 7.87. The Morgan fingerprint density at radius 1 is 1.16 bits per heavy atom. The van der Waals surface area contributed by atoms with E-state index in [1.807, 2.05) is 42.5 Å². The summed E-state index contributed by atoms with van der Waals surface area (Å²) in [6.45, 7) is 0.490. The molecule has 128 valence electrons. The van der Waals surface area contributed by atoms with Crippen molar-refractivity contribution in [2.75, 3.05) is 19.4 Å². The highest BCUT2D eigenvalue weighted by molar-refractivity contribution is 5.96. The lowest BCUT2D eigenvalue weighted by molar-refractivity contribution is 0.0950. The highest BCUT2D eigenvalue weighted by Crippen LogP contribution is 2.24. The molecule has 7 heteroatoms. The molecule has 0 aliphatic carbocycles. The van der Waals surface area contributed by atoms with Crippen molar-refractivity contribution in [2.45, 2.75) is 6.42 Å². The van der Waals surface area contributed by atoms with Gasteiger partial charge in [-0.2, -0.15) is 4.68 Å². The van der Waals surface area contributed by atoms with Gasteiger partial charge in [0.25, 0.3) is 5.91 Å². The first kappa shape index (κ1) is 16.5. The van der Waals surface area contributed by atoms with Crippen molar-refractivity contribution in [2.24, 2.45) is 0 Å². The van der Waals surface area contributed by atoms with E-state index in [4.69, 9.17) is 10.5 Å². The Morgan fingerprint density at radius 3 is 2.64 bits per heavy atom. The van der Waals surface area contributed by atoms with Gasteiger partial charge in [-0.3, -0.25) is 4.79 Å². The Labute approximate surface area is 145 Å². The Balaban J connectivity index is 1.71. The number of methoxy groups -OCH3 is 1. The van der Waals surface area contributed by atoms with Crippen molar-refractivity contribution in [3.05, 3.63) is 65.9 Å². The molecule has 2 aromatic carbocycles. The van der Waals surface area contributed by atoms with Gasteiger partial charge < -0.3 is 15.8 Å². The summed E-state index contributed by atoms with van der Waals surface area (Å²) in [5.41, 5.74) is 7.93. The van der Waals surface area contributed by atoms with Crippen LogP contribution in [0.5, 0.6) is 5.75 Å². The molecule has 1 heterocycles. The van der Waals surface area contributed by atoms with Crippen molar-refractivity contribution in [1.82, 2.24) is 20.3 Å². The van der Waals surface area contributed by atoms with Gasteiger partial charge in [0.05, 0.1) is 7.11 Å². The van der Waals surface area contributed by atoms with Crippen LogP contribution in [0.2, 0.25) is 0 Å². The number of rotatable bonds is 6. The van der Waals surface area contributed by atoms with Crippen LogP contribution in [0.15, 0.2) is 54.6 Å². The number of ether oxygens (including phenoxy) is 1. The molecule has 0 aliphatic heterocycles. The monoisotopic (exact) mass is 337 g/mol. The fourth-order valence-corrected chi connectivity index (χ4v) is 2.48. The number of nitrogens with one attached hydrogen (secondary N) is 1. The maximum absolute atomic E-state index is 12.3. The molecule has 0 saturated carbocycles. The normalized spacial score (nSPS) is 10.4. The summed E-state index contributed by atoms with van der Waals surface area (Å²) in [4.78, 5) is 12.3. The highest BCUT2D eigenvalue weighted by atomic mass is 16.5. The molecular formula is C18H19N5O2. The molecule has 3 rings (SSSR count). The zero-order chi connectivity index (χ0) is 17.6. The summed E-state index contributed by atoms with van der Waals surface area (Å²) in [5.74, 6) is 0.409. The number of hydrogen-bond donors (Lipinski definition) is 2. The van der Waals surface area contributed by atoms with Gasteiger partial charge >= 0.3 is 0 Å². The van der Waals surface area contributed by atoms with Crippen LogP contribution in [-0.4, -0.2) is 34.6 Å². The van der Waals surface area contributed by atoms with E-state index in [0.717, 1.165) is 12.0 Å². The zero-order valence-corrected chi connectivity index (χ0v) is 13.8. The number of carbonyl (C=O) groups is 1.